The van der Waals surface area contributed by atoms with Gasteiger partial charge in [-0.1, -0.05) is 0 Å². The van der Waals surface area contributed by atoms with Crippen LogP contribution < -0.4 is 5.73 Å². The topological polar surface area (TPSA) is 113 Å². The maximum atomic E-state index is 12.4. The quantitative estimate of drug-likeness (QED) is 0.555. The van der Waals surface area contributed by atoms with Crippen molar-refractivity contribution in [2.75, 3.05) is 0 Å². The number of allylic oxidation sites excluding steroid dienone is 2. The predicted octanol–water partition coefficient (Wildman–Crippen LogP) is 3.84. The number of nitrogens with two attached hydrogens (primary N) is 1. The van der Waals surface area contributed by atoms with Crippen LogP contribution in [0.15, 0.2) is 35.8 Å². The number of fused-ring (bicyclic) bond motifs is 1. The Balaban J connectivity index is 1.58. The summed E-state index contributed by atoms with van der Waals surface area (Å²) in [6.07, 6.45) is 7.39. The number of nitrogens with one attached hydrogen (secondary N) is 2. The highest BCUT2D eigenvalue weighted by Gasteiger charge is 2.23. The lowest BCUT2D eigenvalue weighted by molar-refractivity contribution is -0.112. The van der Waals surface area contributed by atoms with Gasteiger partial charge in [0, 0.05) is 35.0 Å². The first-order valence-corrected chi connectivity index (χ1v) is 9.92. The van der Waals surface area contributed by atoms with Gasteiger partial charge in [0.1, 0.15) is 11.4 Å². The van der Waals surface area contributed by atoms with E-state index in [-0.39, 0.29) is 17.9 Å². The first-order chi connectivity index (χ1) is 13.8. The first kappa shape index (κ1) is 19.1. The summed E-state index contributed by atoms with van der Waals surface area (Å²) in [5, 5.41) is 13.5. The number of nitrogens with zero attached hydrogens (tertiary/aromatic N) is 3. The van der Waals surface area contributed by atoms with E-state index in [0.29, 0.717) is 17.3 Å². The molecule has 7 nitrogen and oxygen atoms in total. The molecule has 0 unspecified atom stereocenters. The van der Waals surface area contributed by atoms with Crippen molar-refractivity contribution in [3.63, 3.8) is 0 Å². The monoisotopic (exact) mass is 390 g/mol. The van der Waals surface area contributed by atoms with Gasteiger partial charge in [-0.2, -0.15) is 5.10 Å². The summed E-state index contributed by atoms with van der Waals surface area (Å²) in [5.41, 5.74) is 11.4. The average molecular weight is 390 g/mol. The van der Waals surface area contributed by atoms with E-state index in [0.717, 1.165) is 33.5 Å². The fourth-order valence-electron chi connectivity index (χ4n) is 3.67. The number of rotatable bonds is 6. The number of pyridine rings is 1. The molecule has 0 aliphatic heterocycles. The van der Waals surface area contributed by atoms with Crippen molar-refractivity contribution in [2.45, 2.75) is 52.5 Å². The molecular formula is C22H26N6O. The van der Waals surface area contributed by atoms with Gasteiger partial charge in [-0.25, -0.2) is 4.98 Å². The molecule has 0 spiro atoms. The van der Waals surface area contributed by atoms with Crippen LogP contribution in [0.2, 0.25) is 0 Å². The SMILES string of the molecule is C/C(N)=C(\C)C(=N)C(=O)Cc1cnc2[nH]c(-c3cnn(C4CCC4)c3C)cc2c1. The third-order valence-electron chi connectivity index (χ3n) is 5.89. The Morgan fingerprint density at radius 2 is 2.07 bits per heavy atom. The van der Waals surface area contributed by atoms with Crippen LogP contribution in [0.5, 0.6) is 0 Å². The van der Waals surface area contributed by atoms with E-state index in [1.54, 1.807) is 20.0 Å². The van der Waals surface area contributed by atoms with Gasteiger partial charge < -0.3 is 10.7 Å². The Morgan fingerprint density at radius 1 is 1.31 bits per heavy atom. The van der Waals surface area contributed by atoms with Crippen LogP contribution in [0, 0.1) is 12.3 Å². The Bertz CT molecular complexity index is 1140. The number of ketones is 1. The lowest BCUT2D eigenvalue weighted by Crippen LogP contribution is -2.19. The average Bonchev–Trinajstić information content (AvgIpc) is 3.22. The van der Waals surface area contributed by atoms with Gasteiger partial charge in [0.2, 0.25) is 0 Å². The van der Waals surface area contributed by atoms with Crippen molar-refractivity contribution in [2.24, 2.45) is 5.73 Å². The largest absolute Gasteiger partial charge is 0.402 e. The zero-order valence-electron chi connectivity index (χ0n) is 17.0. The molecule has 150 valence electrons. The standard InChI is InChI=1S/C22H26N6O/c1-12(13(2)23)21(24)20(29)8-15-7-16-9-19(27-22(16)25-10-15)18-11-26-28(14(18)3)17-5-4-6-17/h7,9-11,17,24H,4-6,8,23H2,1-3H3,(H,25,27)/b13-12-,24-21?. The zero-order valence-corrected chi connectivity index (χ0v) is 17.0. The number of carbonyl (C=O) groups excluding carboxylic acids is 1. The number of carbonyl (C=O) groups is 1. The lowest BCUT2D eigenvalue weighted by atomic mass is 9.93. The van der Waals surface area contributed by atoms with E-state index < -0.39 is 0 Å². The van der Waals surface area contributed by atoms with E-state index in [4.69, 9.17) is 11.1 Å². The van der Waals surface area contributed by atoms with E-state index in [1.165, 1.54) is 19.3 Å². The minimum atomic E-state index is -0.262. The van der Waals surface area contributed by atoms with Gasteiger partial charge in [-0.05, 0) is 63.3 Å². The summed E-state index contributed by atoms with van der Waals surface area (Å²) in [6.45, 7) is 5.49. The van der Waals surface area contributed by atoms with E-state index >= 15 is 0 Å². The highest BCUT2D eigenvalue weighted by molar-refractivity contribution is 6.45. The number of hydrogen-bond donors (Lipinski definition) is 3. The van der Waals surface area contributed by atoms with Crippen LogP contribution in [-0.2, 0) is 11.2 Å². The Labute approximate surface area is 169 Å². The molecule has 0 aromatic carbocycles. The molecule has 29 heavy (non-hydrogen) atoms. The van der Waals surface area contributed by atoms with Crippen LogP contribution in [-0.4, -0.2) is 31.2 Å². The normalized spacial score (nSPS) is 15.3. The van der Waals surface area contributed by atoms with Crippen molar-refractivity contribution in [3.05, 3.63) is 47.1 Å². The molecular weight excluding hydrogens is 364 g/mol. The van der Waals surface area contributed by atoms with Crippen molar-refractivity contribution >= 4 is 22.5 Å². The van der Waals surface area contributed by atoms with Crippen molar-refractivity contribution in [1.82, 2.24) is 19.7 Å². The molecule has 1 fully saturated rings. The highest BCUT2D eigenvalue weighted by atomic mass is 16.1. The molecule has 3 aromatic rings. The lowest BCUT2D eigenvalue weighted by Gasteiger charge is -2.27. The number of hydrogen-bond acceptors (Lipinski definition) is 5. The minimum absolute atomic E-state index is 0.0427. The molecule has 7 heteroatoms. The van der Waals surface area contributed by atoms with Gasteiger partial charge in [-0.15, -0.1) is 0 Å². The molecule has 3 aromatic heterocycles. The first-order valence-electron chi connectivity index (χ1n) is 9.92. The molecule has 1 aliphatic rings. The van der Waals surface area contributed by atoms with E-state index in [9.17, 15) is 4.79 Å². The summed E-state index contributed by atoms with van der Waals surface area (Å²) in [6, 6.07) is 4.52. The van der Waals surface area contributed by atoms with Gasteiger partial charge in [0.05, 0.1) is 17.9 Å². The van der Waals surface area contributed by atoms with Crippen LogP contribution in [0.1, 0.15) is 50.4 Å². The highest BCUT2D eigenvalue weighted by Crippen LogP contribution is 2.35. The Hall–Kier alpha value is -3.22. The second kappa shape index (κ2) is 7.31. The molecule has 0 bridgehead atoms. The molecule has 4 rings (SSSR count). The van der Waals surface area contributed by atoms with Crippen LogP contribution >= 0.6 is 0 Å². The second-order valence-corrected chi connectivity index (χ2v) is 7.92. The van der Waals surface area contributed by atoms with Crippen LogP contribution in [0.3, 0.4) is 0 Å². The van der Waals surface area contributed by atoms with Crippen molar-refractivity contribution in [3.8, 4) is 11.3 Å². The summed E-state index contributed by atoms with van der Waals surface area (Å²) in [5.74, 6) is -0.262. The zero-order chi connectivity index (χ0) is 20.7. The summed E-state index contributed by atoms with van der Waals surface area (Å²) < 4.78 is 2.13. The van der Waals surface area contributed by atoms with Crippen molar-refractivity contribution < 1.29 is 4.79 Å². The molecule has 0 radical (unpaired) electrons. The smallest absolute Gasteiger partial charge is 0.185 e. The second-order valence-electron chi connectivity index (χ2n) is 7.92. The third-order valence-corrected chi connectivity index (χ3v) is 5.89. The number of H-pyrrole nitrogens is 1. The molecule has 0 amide bonds. The molecule has 1 saturated carbocycles. The van der Waals surface area contributed by atoms with Crippen LogP contribution in [0.4, 0.5) is 0 Å². The van der Waals surface area contributed by atoms with Gasteiger partial charge in [0.25, 0.3) is 0 Å². The maximum Gasteiger partial charge on any atom is 0.185 e. The Morgan fingerprint density at radius 3 is 2.72 bits per heavy atom. The van der Waals surface area contributed by atoms with Crippen molar-refractivity contribution in [1.29, 1.82) is 5.41 Å². The maximum absolute atomic E-state index is 12.4. The molecule has 3 heterocycles. The number of Topliss-reactive ketones (excluding diaryl/α,β-unsaturated/α-hetero) is 1. The molecule has 4 N–H and O–H groups in total. The number of aromatic amines is 1. The fourth-order valence-corrected chi connectivity index (χ4v) is 3.67. The van der Waals surface area contributed by atoms with E-state index in [1.807, 2.05) is 18.3 Å². The van der Waals surface area contributed by atoms with E-state index in [2.05, 4.69) is 26.7 Å². The number of aromatic nitrogens is 4. The molecule has 0 atom stereocenters. The molecule has 1 aliphatic carbocycles. The predicted molar refractivity (Wildman–Crippen MR) is 114 cm³/mol. The fraction of sp³-hybridized carbons (Fsp3) is 0.364. The summed E-state index contributed by atoms with van der Waals surface area (Å²) >= 11 is 0. The van der Waals surface area contributed by atoms with Gasteiger partial charge in [0.15, 0.2) is 5.78 Å². The molecule has 0 saturated heterocycles. The van der Waals surface area contributed by atoms with Crippen LogP contribution in [0.25, 0.3) is 22.3 Å². The van der Waals surface area contributed by atoms with Gasteiger partial charge >= 0.3 is 0 Å². The van der Waals surface area contributed by atoms with Gasteiger partial charge in [-0.3, -0.25) is 14.9 Å². The minimum Gasteiger partial charge on any atom is -0.402 e. The Kier molecular flexibility index (Phi) is 4.82. The summed E-state index contributed by atoms with van der Waals surface area (Å²) in [4.78, 5) is 20.2. The summed E-state index contributed by atoms with van der Waals surface area (Å²) in [7, 11) is 0. The third kappa shape index (κ3) is 3.48.